The van der Waals surface area contributed by atoms with E-state index in [0.29, 0.717) is 49.9 Å². The Bertz CT molecular complexity index is 990. The second kappa shape index (κ2) is 7.60. The van der Waals surface area contributed by atoms with Gasteiger partial charge in [-0.1, -0.05) is 5.16 Å². The number of nitrogens with one attached hydrogen (secondary N) is 1. The fraction of sp³-hybridized carbons (Fsp3) is 0.368. The molecule has 144 valence electrons. The minimum Gasteiger partial charge on any atom is -0.459 e. The standard InChI is InChI=1S/C19H19N5O4/c1-12-9-14(28-23-12)11-21-17(25)13-4-6-24(7-5-13)19-15(10-20)22-18(27-19)16-3-2-8-26-16/h2-3,8-9,13H,4-7,11H2,1H3,(H,21,25). The van der Waals surface area contributed by atoms with Gasteiger partial charge in [0.25, 0.3) is 5.89 Å². The Hall–Kier alpha value is -3.54. The Morgan fingerprint density at radius 2 is 2.25 bits per heavy atom. The number of aromatic nitrogens is 2. The molecule has 1 amide bonds. The first-order chi connectivity index (χ1) is 13.6. The van der Waals surface area contributed by atoms with Gasteiger partial charge in [0, 0.05) is 25.1 Å². The lowest BCUT2D eigenvalue weighted by atomic mass is 9.96. The lowest BCUT2D eigenvalue weighted by Crippen LogP contribution is -2.40. The lowest BCUT2D eigenvalue weighted by Gasteiger charge is -2.30. The molecule has 0 bridgehead atoms. The van der Waals surface area contributed by atoms with E-state index in [4.69, 9.17) is 13.4 Å². The number of rotatable bonds is 5. The number of hydrogen-bond acceptors (Lipinski definition) is 8. The number of aryl methyl sites for hydroxylation is 1. The van der Waals surface area contributed by atoms with Crippen LogP contribution in [0.15, 0.2) is 37.8 Å². The van der Waals surface area contributed by atoms with Crippen molar-refractivity contribution < 1.29 is 18.2 Å². The Morgan fingerprint density at radius 3 is 2.89 bits per heavy atom. The highest BCUT2D eigenvalue weighted by atomic mass is 16.5. The second-order valence-corrected chi connectivity index (χ2v) is 6.68. The molecule has 0 atom stereocenters. The summed E-state index contributed by atoms with van der Waals surface area (Å²) in [4.78, 5) is 18.6. The van der Waals surface area contributed by atoms with E-state index in [1.807, 2.05) is 11.8 Å². The molecule has 1 aliphatic heterocycles. The fourth-order valence-corrected chi connectivity index (χ4v) is 3.27. The van der Waals surface area contributed by atoms with Crippen LogP contribution in [0.4, 0.5) is 5.88 Å². The Morgan fingerprint density at radius 1 is 1.43 bits per heavy atom. The van der Waals surface area contributed by atoms with Crippen LogP contribution in [0.2, 0.25) is 0 Å². The summed E-state index contributed by atoms with van der Waals surface area (Å²) in [7, 11) is 0. The predicted molar refractivity (Wildman–Crippen MR) is 96.9 cm³/mol. The van der Waals surface area contributed by atoms with Gasteiger partial charge in [0.2, 0.25) is 17.5 Å². The Kier molecular flexibility index (Phi) is 4.85. The average Bonchev–Trinajstić information content (AvgIpc) is 3.46. The first-order valence-electron chi connectivity index (χ1n) is 9.03. The first kappa shape index (κ1) is 17.9. The maximum Gasteiger partial charge on any atom is 0.266 e. The van der Waals surface area contributed by atoms with E-state index in [1.54, 1.807) is 18.2 Å². The molecular weight excluding hydrogens is 362 g/mol. The summed E-state index contributed by atoms with van der Waals surface area (Å²) in [6.07, 6.45) is 2.83. The molecule has 9 heteroatoms. The number of anilines is 1. The largest absolute Gasteiger partial charge is 0.459 e. The predicted octanol–water partition coefficient (Wildman–Crippen LogP) is 2.64. The van der Waals surface area contributed by atoms with Crippen molar-refractivity contribution in [3.05, 3.63) is 41.6 Å². The summed E-state index contributed by atoms with van der Waals surface area (Å²) in [5.74, 6) is 1.69. The summed E-state index contributed by atoms with van der Waals surface area (Å²) in [5, 5.41) is 16.1. The molecule has 4 heterocycles. The van der Waals surface area contributed by atoms with E-state index in [0.717, 1.165) is 5.69 Å². The number of carbonyl (C=O) groups is 1. The third-order valence-electron chi connectivity index (χ3n) is 4.71. The molecule has 0 saturated carbocycles. The van der Waals surface area contributed by atoms with Crippen molar-refractivity contribution in [1.82, 2.24) is 15.5 Å². The van der Waals surface area contributed by atoms with E-state index < -0.39 is 0 Å². The summed E-state index contributed by atoms with van der Waals surface area (Å²) in [5.41, 5.74) is 1.00. The monoisotopic (exact) mass is 381 g/mol. The Labute approximate surface area is 160 Å². The number of nitriles is 1. The van der Waals surface area contributed by atoms with E-state index >= 15 is 0 Å². The summed E-state index contributed by atoms with van der Waals surface area (Å²) < 4.78 is 16.2. The van der Waals surface area contributed by atoms with Crippen LogP contribution >= 0.6 is 0 Å². The summed E-state index contributed by atoms with van der Waals surface area (Å²) in [6, 6.07) is 7.32. The molecule has 1 saturated heterocycles. The highest BCUT2D eigenvalue weighted by molar-refractivity contribution is 5.79. The number of furan rings is 1. The molecule has 3 aromatic heterocycles. The van der Waals surface area contributed by atoms with Gasteiger partial charge in [0.15, 0.2) is 11.5 Å². The summed E-state index contributed by atoms with van der Waals surface area (Å²) in [6.45, 7) is 3.36. The van der Waals surface area contributed by atoms with Crippen LogP contribution in [-0.4, -0.2) is 29.1 Å². The molecular formula is C19H19N5O4. The van der Waals surface area contributed by atoms with Crippen molar-refractivity contribution in [2.45, 2.75) is 26.3 Å². The van der Waals surface area contributed by atoms with Crippen LogP contribution in [0.3, 0.4) is 0 Å². The maximum atomic E-state index is 12.4. The zero-order chi connectivity index (χ0) is 19.5. The lowest BCUT2D eigenvalue weighted by molar-refractivity contribution is -0.125. The molecule has 3 aromatic rings. The van der Waals surface area contributed by atoms with Crippen molar-refractivity contribution in [3.63, 3.8) is 0 Å². The molecule has 1 aliphatic rings. The van der Waals surface area contributed by atoms with Gasteiger partial charge in [-0.3, -0.25) is 4.79 Å². The van der Waals surface area contributed by atoms with Gasteiger partial charge in [-0.15, -0.1) is 0 Å². The number of amides is 1. The first-order valence-corrected chi connectivity index (χ1v) is 9.03. The molecule has 28 heavy (non-hydrogen) atoms. The average molecular weight is 381 g/mol. The third kappa shape index (κ3) is 3.62. The molecule has 1 N–H and O–H groups in total. The number of nitrogens with zero attached hydrogens (tertiary/aromatic N) is 4. The number of carbonyl (C=O) groups excluding carboxylic acids is 1. The molecule has 1 fully saturated rings. The minimum absolute atomic E-state index is 0.0111. The summed E-state index contributed by atoms with van der Waals surface area (Å²) >= 11 is 0. The van der Waals surface area contributed by atoms with Gasteiger partial charge in [-0.2, -0.15) is 10.2 Å². The van der Waals surface area contributed by atoms with E-state index in [1.165, 1.54) is 6.26 Å². The van der Waals surface area contributed by atoms with Crippen LogP contribution in [0.1, 0.15) is 30.0 Å². The third-order valence-corrected chi connectivity index (χ3v) is 4.71. The van der Waals surface area contributed by atoms with E-state index in [2.05, 4.69) is 21.5 Å². The molecule has 0 unspecified atom stereocenters. The van der Waals surface area contributed by atoms with Crippen molar-refractivity contribution in [1.29, 1.82) is 5.26 Å². The van der Waals surface area contributed by atoms with Gasteiger partial charge in [0.05, 0.1) is 18.5 Å². The van der Waals surface area contributed by atoms with Gasteiger partial charge < -0.3 is 23.6 Å². The molecule has 0 aliphatic carbocycles. The highest BCUT2D eigenvalue weighted by Gasteiger charge is 2.29. The molecule has 0 spiro atoms. The topological polar surface area (TPSA) is 121 Å². The van der Waals surface area contributed by atoms with Crippen LogP contribution < -0.4 is 10.2 Å². The van der Waals surface area contributed by atoms with Gasteiger partial charge in [0.1, 0.15) is 6.07 Å². The SMILES string of the molecule is Cc1cc(CNC(=O)C2CCN(c3oc(-c4ccco4)nc3C#N)CC2)on1. The quantitative estimate of drug-likeness (QED) is 0.716. The Balaban J connectivity index is 1.36. The van der Waals surface area contributed by atoms with Crippen molar-refractivity contribution in [3.8, 4) is 17.7 Å². The van der Waals surface area contributed by atoms with Crippen LogP contribution in [0.5, 0.6) is 0 Å². The maximum absolute atomic E-state index is 12.4. The molecule has 0 aromatic carbocycles. The smallest absolute Gasteiger partial charge is 0.266 e. The van der Waals surface area contributed by atoms with E-state index in [9.17, 15) is 10.1 Å². The molecule has 9 nitrogen and oxygen atoms in total. The minimum atomic E-state index is -0.0988. The fourth-order valence-electron chi connectivity index (χ4n) is 3.27. The zero-order valence-electron chi connectivity index (χ0n) is 15.3. The highest BCUT2D eigenvalue weighted by Crippen LogP contribution is 2.31. The van der Waals surface area contributed by atoms with Gasteiger partial charge in [-0.25, -0.2) is 0 Å². The van der Waals surface area contributed by atoms with Gasteiger partial charge in [-0.05, 0) is 31.9 Å². The van der Waals surface area contributed by atoms with Crippen LogP contribution in [0, 0.1) is 24.2 Å². The molecule has 4 rings (SSSR count). The van der Waals surface area contributed by atoms with Crippen molar-refractivity contribution >= 4 is 11.8 Å². The normalized spacial score (nSPS) is 14.8. The second-order valence-electron chi connectivity index (χ2n) is 6.68. The van der Waals surface area contributed by atoms with Crippen molar-refractivity contribution in [2.24, 2.45) is 5.92 Å². The number of piperidine rings is 1. The molecule has 0 radical (unpaired) electrons. The van der Waals surface area contributed by atoms with E-state index in [-0.39, 0.29) is 23.4 Å². The number of hydrogen-bond donors (Lipinski definition) is 1. The van der Waals surface area contributed by atoms with Gasteiger partial charge >= 0.3 is 0 Å². The van der Waals surface area contributed by atoms with Crippen LogP contribution in [0.25, 0.3) is 11.7 Å². The zero-order valence-corrected chi connectivity index (χ0v) is 15.3. The number of oxazole rings is 1. The van der Waals surface area contributed by atoms with Crippen LogP contribution in [-0.2, 0) is 11.3 Å². The van der Waals surface area contributed by atoms with Crippen molar-refractivity contribution in [2.75, 3.05) is 18.0 Å².